The summed E-state index contributed by atoms with van der Waals surface area (Å²) in [6, 6.07) is 4.82. The largest absolute Gasteiger partial charge is 0.478 e. The van der Waals surface area contributed by atoms with Gasteiger partial charge in [0.2, 0.25) is 0 Å². The minimum atomic E-state index is -0.984. The lowest BCUT2D eigenvalue weighted by molar-refractivity contribution is 0.0697. The van der Waals surface area contributed by atoms with E-state index in [1.807, 2.05) is 11.9 Å². The van der Waals surface area contributed by atoms with E-state index in [1.54, 1.807) is 19.2 Å². The van der Waals surface area contributed by atoms with Crippen molar-refractivity contribution in [3.8, 4) is 0 Å². The predicted octanol–water partition coefficient (Wildman–Crippen LogP) is 2.12. The summed E-state index contributed by atoms with van der Waals surface area (Å²) in [5.74, 6) is -0.984. The number of benzene rings is 1. The summed E-state index contributed by atoms with van der Waals surface area (Å²) in [6.07, 6.45) is 0. The third-order valence-corrected chi connectivity index (χ3v) is 2.47. The number of carbonyl (C=O) groups is 1. The van der Waals surface area contributed by atoms with Crippen LogP contribution in [0.1, 0.15) is 10.4 Å². The number of anilines is 1. The fourth-order valence-corrected chi connectivity index (χ4v) is 1.53. The molecule has 0 radical (unpaired) electrons. The van der Waals surface area contributed by atoms with Gasteiger partial charge in [-0.25, -0.2) is 4.79 Å². The number of ether oxygens (including phenoxy) is 1. The second-order valence-electron chi connectivity index (χ2n) is 3.38. The summed E-state index contributed by atoms with van der Waals surface area (Å²) < 4.78 is 4.94. The van der Waals surface area contributed by atoms with Crippen LogP contribution in [0.15, 0.2) is 18.2 Å². The standard InChI is InChI=1S/C11H14ClNO3/c1-13(5-6-16-2)10-4-3-8(12)7-9(10)11(14)15/h3-4,7H,5-6H2,1-2H3,(H,14,15). The quantitative estimate of drug-likeness (QED) is 0.861. The molecule has 0 aromatic heterocycles. The second-order valence-corrected chi connectivity index (χ2v) is 3.82. The molecule has 1 aromatic carbocycles. The van der Waals surface area contributed by atoms with Gasteiger partial charge in [-0.15, -0.1) is 0 Å². The molecule has 16 heavy (non-hydrogen) atoms. The van der Waals surface area contributed by atoms with E-state index in [2.05, 4.69) is 0 Å². The first kappa shape index (κ1) is 12.8. The number of carboxylic acid groups (broad SMARTS) is 1. The van der Waals surface area contributed by atoms with E-state index in [0.29, 0.717) is 23.9 Å². The first-order chi connectivity index (χ1) is 7.56. The summed E-state index contributed by atoms with van der Waals surface area (Å²) >= 11 is 5.76. The lowest BCUT2D eigenvalue weighted by atomic mass is 10.1. The number of methoxy groups -OCH3 is 1. The Morgan fingerprint density at radius 1 is 1.56 bits per heavy atom. The zero-order valence-corrected chi connectivity index (χ0v) is 9.99. The van der Waals surface area contributed by atoms with Crippen molar-refractivity contribution >= 4 is 23.3 Å². The van der Waals surface area contributed by atoms with Crippen molar-refractivity contribution in [2.75, 3.05) is 32.2 Å². The van der Waals surface area contributed by atoms with Crippen molar-refractivity contribution in [2.24, 2.45) is 0 Å². The van der Waals surface area contributed by atoms with Crippen LogP contribution >= 0.6 is 11.6 Å². The van der Waals surface area contributed by atoms with Crippen molar-refractivity contribution in [1.29, 1.82) is 0 Å². The Morgan fingerprint density at radius 2 is 2.25 bits per heavy atom. The van der Waals surface area contributed by atoms with Gasteiger partial charge in [-0.1, -0.05) is 11.6 Å². The van der Waals surface area contributed by atoms with Crippen molar-refractivity contribution in [1.82, 2.24) is 0 Å². The number of nitrogens with zero attached hydrogens (tertiary/aromatic N) is 1. The van der Waals surface area contributed by atoms with Gasteiger partial charge < -0.3 is 14.7 Å². The van der Waals surface area contributed by atoms with Crippen LogP contribution in [0.4, 0.5) is 5.69 Å². The summed E-state index contributed by atoms with van der Waals surface area (Å²) in [5, 5.41) is 9.47. The van der Waals surface area contributed by atoms with Crippen molar-refractivity contribution in [3.63, 3.8) is 0 Å². The van der Waals surface area contributed by atoms with Crippen LogP contribution in [-0.4, -0.2) is 38.4 Å². The van der Waals surface area contributed by atoms with Gasteiger partial charge in [0.1, 0.15) is 0 Å². The van der Waals surface area contributed by atoms with E-state index < -0.39 is 5.97 Å². The Kier molecular flexibility index (Phi) is 4.58. The molecule has 0 aliphatic carbocycles. The fraction of sp³-hybridized carbons (Fsp3) is 0.364. The van der Waals surface area contributed by atoms with Gasteiger partial charge >= 0.3 is 5.97 Å². The third kappa shape index (κ3) is 3.12. The molecule has 0 fully saturated rings. The molecule has 0 bridgehead atoms. The van der Waals surface area contributed by atoms with Crippen LogP contribution < -0.4 is 4.90 Å². The highest BCUT2D eigenvalue weighted by Gasteiger charge is 2.13. The first-order valence-electron chi connectivity index (χ1n) is 4.79. The van der Waals surface area contributed by atoms with E-state index in [4.69, 9.17) is 21.4 Å². The van der Waals surface area contributed by atoms with E-state index in [0.717, 1.165) is 0 Å². The molecular formula is C11H14ClNO3. The van der Waals surface area contributed by atoms with Gasteiger partial charge in [0.25, 0.3) is 0 Å². The van der Waals surface area contributed by atoms with E-state index in [1.165, 1.54) is 6.07 Å². The average Bonchev–Trinajstić information content (AvgIpc) is 2.25. The number of aromatic carboxylic acids is 1. The highest BCUT2D eigenvalue weighted by Crippen LogP contribution is 2.23. The summed E-state index contributed by atoms with van der Waals surface area (Å²) in [5.41, 5.74) is 0.833. The van der Waals surface area contributed by atoms with E-state index in [9.17, 15) is 4.79 Å². The van der Waals surface area contributed by atoms with Crippen LogP contribution in [-0.2, 0) is 4.74 Å². The number of rotatable bonds is 5. The molecule has 1 rings (SSSR count). The Labute approximate surface area is 99.4 Å². The number of hydrogen-bond acceptors (Lipinski definition) is 3. The monoisotopic (exact) mass is 243 g/mol. The second kappa shape index (κ2) is 5.72. The van der Waals surface area contributed by atoms with Crippen molar-refractivity contribution in [3.05, 3.63) is 28.8 Å². The minimum Gasteiger partial charge on any atom is -0.478 e. The van der Waals surface area contributed by atoms with Crippen molar-refractivity contribution < 1.29 is 14.6 Å². The molecule has 0 saturated carbocycles. The molecule has 0 aliphatic heterocycles. The molecule has 1 aromatic rings. The maximum Gasteiger partial charge on any atom is 0.337 e. The summed E-state index contributed by atoms with van der Waals surface area (Å²) in [7, 11) is 3.42. The summed E-state index contributed by atoms with van der Waals surface area (Å²) in [6.45, 7) is 1.16. The molecule has 4 nitrogen and oxygen atoms in total. The van der Waals surface area contributed by atoms with Gasteiger partial charge in [-0.3, -0.25) is 0 Å². The SMILES string of the molecule is COCCN(C)c1ccc(Cl)cc1C(=O)O. The van der Waals surface area contributed by atoms with Crippen LogP contribution in [0.3, 0.4) is 0 Å². The van der Waals surface area contributed by atoms with Gasteiger partial charge in [0, 0.05) is 25.7 Å². The first-order valence-corrected chi connectivity index (χ1v) is 5.17. The Bertz CT molecular complexity index is 381. The van der Waals surface area contributed by atoms with Gasteiger partial charge in [-0.05, 0) is 18.2 Å². The van der Waals surface area contributed by atoms with Crippen LogP contribution in [0.2, 0.25) is 5.02 Å². The number of halogens is 1. The van der Waals surface area contributed by atoms with Gasteiger partial charge in [0.15, 0.2) is 0 Å². The molecular weight excluding hydrogens is 230 g/mol. The normalized spacial score (nSPS) is 10.2. The minimum absolute atomic E-state index is 0.200. The van der Waals surface area contributed by atoms with Crippen molar-refractivity contribution in [2.45, 2.75) is 0 Å². The molecule has 1 N–H and O–H groups in total. The number of hydrogen-bond donors (Lipinski definition) is 1. The van der Waals surface area contributed by atoms with E-state index >= 15 is 0 Å². The Morgan fingerprint density at radius 3 is 2.81 bits per heavy atom. The molecule has 0 unspecified atom stereocenters. The van der Waals surface area contributed by atoms with Gasteiger partial charge in [0.05, 0.1) is 17.9 Å². The zero-order valence-electron chi connectivity index (χ0n) is 9.24. The highest BCUT2D eigenvalue weighted by atomic mass is 35.5. The zero-order chi connectivity index (χ0) is 12.1. The summed E-state index contributed by atoms with van der Waals surface area (Å²) in [4.78, 5) is 12.9. The lowest BCUT2D eigenvalue weighted by Crippen LogP contribution is -2.24. The molecule has 0 heterocycles. The maximum absolute atomic E-state index is 11.0. The molecule has 88 valence electrons. The number of carboxylic acids is 1. The topological polar surface area (TPSA) is 49.8 Å². The van der Waals surface area contributed by atoms with Crippen LogP contribution in [0.25, 0.3) is 0 Å². The van der Waals surface area contributed by atoms with Crippen LogP contribution in [0, 0.1) is 0 Å². The van der Waals surface area contributed by atoms with E-state index in [-0.39, 0.29) is 5.56 Å². The highest BCUT2D eigenvalue weighted by molar-refractivity contribution is 6.31. The smallest absolute Gasteiger partial charge is 0.337 e. The molecule has 0 spiro atoms. The molecule has 0 amide bonds. The van der Waals surface area contributed by atoms with Crippen LogP contribution in [0.5, 0.6) is 0 Å². The molecule has 0 atom stereocenters. The number of likely N-dealkylation sites (N-methyl/N-ethyl adjacent to an activating group) is 1. The Hall–Kier alpha value is -1.26. The maximum atomic E-state index is 11.0. The fourth-order valence-electron chi connectivity index (χ4n) is 1.36. The van der Waals surface area contributed by atoms with Gasteiger partial charge in [-0.2, -0.15) is 0 Å². The third-order valence-electron chi connectivity index (χ3n) is 2.23. The molecule has 5 heteroatoms. The lowest BCUT2D eigenvalue weighted by Gasteiger charge is -2.20. The predicted molar refractivity (Wildman–Crippen MR) is 63.6 cm³/mol. The average molecular weight is 244 g/mol. The molecule has 0 saturated heterocycles. The molecule has 0 aliphatic rings. The Balaban J connectivity index is 2.98.